The number of benzene rings is 1. The summed E-state index contributed by atoms with van der Waals surface area (Å²) in [6.45, 7) is 12.4. The number of ether oxygens (including phenoxy) is 1. The summed E-state index contributed by atoms with van der Waals surface area (Å²) in [4.78, 5) is 14.5. The lowest BCUT2D eigenvalue weighted by molar-refractivity contribution is 0.0501. The minimum absolute atomic E-state index is 0.176. The molecule has 2 aromatic rings. The summed E-state index contributed by atoms with van der Waals surface area (Å²) in [6, 6.07) is 11.2. The zero-order chi connectivity index (χ0) is 19.4. The summed E-state index contributed by atoms with van der Waals surface area (Å²) in [7, 11) is -1.77. The number of hydrogen-bond donors (Lipinski definition) is 1. The lowest BCUT2D eigenvalue weighted by Crippen LogP contribution is -2.41. The van der Waals surface area contributed by atoms with Crippen LogP contribution < -0.4 is 5.56 Å². The van der Waals surface area contributed by atoms with Gasteiger partial charge in [0.25, 0.3) is 5.56 Å². The molecule has 0 saturated carbocycles. The molecule has 0 aliphatic heterocycles. The molecule has 0 aliphatic carbocycles. The van der Waals surface area contributed by atoms with Gasteiger partial charge in [-0.05, 0) is 35.9 Å². The van der Waals surface area contributed by atoms with E-state index in [-0.39, 0.29) is 17.3 Å². The van der Waals surface area contributed by atoms with Crippen LogP contribution in [0.3, 0.4) is 0 Å². The largest absolute Gasteiger partial charge is 0.414 e. The van der Waals surface area contributed by atoms with E-state index in [0.29, 0.717) is 18.0 Å². The van der Waals surface area contributed by atoms with Crippen molar-refractivity contribution in [2.24, 2.45) is 0 Å². The van der Waals surface area contributed by atoms with Crippen LogP contribution in [0.15, 0.2) is 41.2 Å². The Balaban J connectivity index is 2.05. The van der Waals surface area contributed by atoms with Crippen molar-refractivity contribution in [3.05, 3.63) is 51.5 Å². The zero-order valence-corrected chi connectivity index (χ0v) is 18.0. The van der Waals surface area contributed by atoms with Gasteiger partial charge in [0, 0.05) is 6.07 Å². The van der Waals surface area contributed by atoms with E-state index in [4.69, 9.17) is 21.4 Å². The second-order valence-electron chi connectivity index (χ2n) is 7.76. The summed E-state index contributed by atoms with van der Waals surface area (Å²) in [5.41, 5.74) is 1.45. The van der Waals surface area contributed by atoms with Gasteiger partial charge in [0.15, 0.2) is 13.1 Å². The molecular formula is C19H28N2O3SSi. The minimum Gasteiger partial charge on any atom is -0.414 e. The molecule has 1 aromatic heterocycles. The lowest BCUT2D eigenvalue weighted by atomic mass is 10.1. The summed E-state index contributed by atoms with van der Waals surface area (Å²) in [6.07, 6.45) is 0. The van der Waals surface area contributed by atoms with Crippen LogP contribution in [-0.2, 0) is 15.9 Å². The molecule has 1 N–H and O–H groups in total. The topological polar surface area (TPSA) is 56.2 Å². The SMILES string of the molecule is CC(C)(C)[Si](C)(C)OCCOCn1c(-c2ccccc2)cc(=O)[nH]c1=S. The van der Waals surface area contributed by atoms with E-state index in [1.165, 1.54) is 0 Å². The van der Waals surface area contributed by atoms with Crippen molar-refractivity contribution in [2.75, 3.05) is 13.2 Å². The first-order valence-corrected chi connectivity index (χ1v) is 12.0. The fourth-order valence-electron chi connectivity index (χ4n) is 2.22. The van der Waals surface area contributed by atoms with Gasteiger partial charge in [-0.25, -0.2) is 0 Å². The summed E-state index contributed by atoms with van der Waals surface area (Å²) >= 11 is 5.32. The Morgan fingerprint density at radius 1 is 1.15 bits per heavy atom. The maximum absolute atomic E-state index is 11.8. The van der Waals surface area contributed by atoms with Crippen LogP contribution in [0.25, 0.3) is 11.3 Å². The molecule has 0 fully saturated rings. The third-order valence-electron chi connectivity index (χ3n) is 4.82. The monoisotopic (exact) mass is 392 g/mol. The number of H-pyrrole nitrogens is 1. The number of nitrogens with zero attached hydrogens (tertiary/aromatic N) is 1. The second kappa shape index (κ2) is 8.43. The first-order chi connectivity index (χ1) is 12.1. The van der Waals surface area contributed by atoms with Crippen LogP contribution >= 0.6 is 12.2 Å². The lowest BCUT2D eigenvalue weighted by Gasteiger charge is -2.36. The molecule has 0 aliphatic rings. The Labute approximate surface area is 161 Å². The van der Waals surface area contributed by atoms with Crippen molar-refractivity contribution < 1.29 is 9.16 Å². The molecule has 1 heterocycles. The van der Waals surface area contributed by atoms with Crippen molar-refractivity contribution in [3.63, 3.8) is 0 Å². The van der Waals surface area contributed by atoms with Crippen molar-refractivity contribution in [1.82, 2.24) is 9.55 Å². The average Bonchev–Trinajstić information content (AvgIpc) is 2.55. The molecule has 0 unspecified atom stereocenters. The van der Waals surface area contributed by atoms with Crippen LogP contribution in [0.4, 0.5) is 0 Å². The molecule has 142 valence electrons. The number of nitrogens with one attached hydrogen (secondary N) is 1. The highest BCUT2D eigenvalue weighted by molar-refractivity contribution is 7.71. The smallest absolute Gasteiger partial charge is 0.252 e. The molecule has 0 spiro atoms. The van der Waals surface area contributed by atoms with Crippen LogP contribution in [0.5, 0.6) is 0 Å². The fourth-order valence-corrected chi connectivity index (χ4v) is 3.50. The molecule has 2 rings (SSSR count). The Bertz CT molecular complexity index is 838. The maximum atomic E-state index is 11.8. The van der Waals surface area contributed by atoms with Gasteiger partial charge in [-0.1, -0.05) is 51.1 Å². The first-order valence-electron chi connectivity index (χ1n) is 8.73. The normalized spacial score (nSPS) is 12.3. The quantitative estimate of drug-likeness (QED) is 0.426. The molecule has 1 aromatic carbocycles. The predicted octanol–water partition coefficient (Wildman–Crippen LogP) is 4.57. The minimum atomic E-state index is -1.77. The molecule has 26 heavy (non-hydrogen) atoms. The molecule has 7 heteroatoms. The van der Waals surface area contributed by atoms with E-state index >= 15 is 0 Å². The van der Waals surface area contributed by atoms with Gasteiger partial charge >= 0.3 is 0 Å². The zero-order valence-electron chi connectivity index (χ0n) is 16.2. The van der Waals surface area contributed by atoms with Gasteiger partial charge in [-0.2, -0.15) is 0 Å². The van der Waals surface area contributed by atoms with E-state index in [0.717, 1.165) is 11.3 Å². The summed E-state index contributed by atoms with van der Waals surface area (Å²) in [5.74, 6) is 0. The van der Waals surface area contributed by atoms with Crippen LogP contribution in [-0.4, -0.2) is 31.1 Å². The van der Waals surface area contributed by atoms with Crippen LogP contribution in [0.1, 0.15) is 20.8 Å². The number of hydrogen-bond acceptors (Lipinski definition) is 4. The van der Waals surface area contributed by atoms with Crippen LogP contribution in [0, 0.1) is 4.77 Å². The average molecular weight is 393 g/mol. The Hall–Kier alpha value is -1.54. The summed E-state index contributed by atoms with van der Waals surface area (Å²) in [5, 5.41) is 0.176. The first kappa shape index (κ1) is 20.8. The third kappa shape index (κ3) is 5.23. The molecule has 0 atom stereocenters. The number of aromatic nitrogens is 2. The van der Waals surface area contributed by atoms with Crippen LogP contribution in [0.2, 0.25) is 18.1 Å². The highest BCUT2D eigenvalue weighted by atomic mass is 32.1. The van der Waals surface area contributed by atoms with E-state index in [2.05, 4.69) is 38.8 Å². The van der Waals surface area contributed by atoms with Gasteiger partial charge in [0.2, 0.25) is 0 Å². The van der Waals surface area contributed by atoms with Gasteiger partial charge in [0.1, 0.15) is 6.73 Å². The third-order valence-corrected chi connectivity index (χ3v) is 9.68. The van der Waals surface area contributed by atoms with E-state index in [1.807, 2.05) is 30.3 Å². The maximum Gasteiger partial charge on any atom is 0.252 e. The molecule has 5 nitrogen and oxygen atoms in total. The van der Waals surface area contributed by atoms with Crippen molar-refractivity contribution in [2.45, 2.75) is 45.6 Å². The number of aromatic amines is 1. The van der Waals surface area contributed by atoms with E-state index < -0.39 is 8.32 Å². The predicted molar refractivity (Wildman–Crippen MR) is 110 cm³/mol. The molecule has 0 bridgehead atoms. The van der Waals surface area contributed by atoms with Crippen molar-refractivity contribution in [1.29, 1.82) is 0 Å². The van der Waals surface area contributed by atoms with E-state index in [9.17, 15) is 4.79 Å². The molecular weight excluding hydrogens is 364 g/mol. The Morgan fingerprint density at radius 3 is 2.42 bits per heavy atom. The summed E-state index contributed by atoms with van der Waals surface area (Å²) < 4.78 is 14.0. The Morgan fingerprint density at radius 2 is 1.81 bits per heavy atom. The highest BCUT2D eigenvalue weighted by Gasteiger charge is 2.36. The molecule has 0 radical (unpaired) electrons. The van der Waals surface area contributed by atoms with E-state index in [1.54, 1.807) is 10.6 Å². The standard InChI is InChI=1S/C19H28N2O3SSi/c1-19(2,3)26(4,5)24-12-11-23-14-21-16(13-17(22)20-18(21)25)15-9-7-6-8-10-15/h6-10,13H,11-12,14H2,1-5H3,(H,20,22,25). The van der Waals surface area contributed by atoms with Gasteiger partial charge in [-0.3, -0.25) is 14.3 Å². The fraction of sp³-hybridized carbons (Fsp3) is 0.474. The van der Waals surface area contributed by atoms with Gasteiger partial charge in [0.05, 0.1) is 18.9 Å². The second-order valence-corrected chi connectivity index (χ2v) is 13.0. The van der Waals surface area contributed by atoms with Gasteiger partial charge in [-0.15, -0.1) is 0 Å². The molecule has 0 saturated heterocycles. The van der Waals surface area contributed by atoms with Crippen molar-refractivity contribution in [3.8, 4) is 11.3 Å². The Kier molecular flexibility index (Phi) is 6.73. The highest BCUT2D eigenvalue weighted by Crippen LogP contribution is 2.36. The molecule has 0 amide bonds. The van der Waals surface area contributed by atoms with Gasteiger partial charge < -0.3 is 9.16 Å². The van der Waals surface area contributed by atoms with Crippen molar-refractivity contribution >= 4 is 20.5 Å². The number of rotatable bonds is 7.